The topological polar surface area (TPSA) is 83.5 Å². The monoisotopic (exact) mass is 542 g/mol. The molecule has 1 aliphatic rings. The number of pyridine rings is 1. The van der Waals surface area contributed by atoms with Crippen molar-refractivity contribution in [3.05, 3.63) is 83.7 Å². The molecule has 0 spiro atoms. The van der Waals surface area contributed by atoms with Crippen LogP contribution in [0.25, 0.3) is 10.2 Å². The van der Waals surface area contributed by atoms with Crippen LogP contribution in [-0.4, -0.2) is 41.7 Å². The number of carbonyl (C=O) groups excluding carboxylic acids is 1. The predicted octanol–water partition coefficient (Wildman–Crippen LogP) is 4.91. The Kier molecular flexibility index (Phi) is 7.02. The zero-order chi connectivity index (χ0) is 26.2. The number of halogens is 2. The van der Waals surface area contributed by atoms with Crippen molar-refractivity contribution in [2.75, 3.05) is 18.0 Å². The molecule has 7 nitrogen and oxygen atoms in total. The molecule has 1 amide bonds. The lowest BCUT2D eigenvalue weighted by Crippen LogP contribution is -2.44. The van der Waals surface area contributed by atoms with Crippen molar-refractivity contribution in [1.82, 2.24) is 14.3 Å². The number of fused-ring (bicyclic) bond motifs is 1. The second-order valence-corrected chi connectivity index (χ2v) is 11.9. The Morgan fingerprint density at radius 3 is 2.54 bits per heavy atom. The summed E-state index contributed by atoms with van der Waals surface area (Å²) in [5.74, 6) is -2.90. The zero-order valence-corrected chi connectivity index (χ0v) is 21.6. The lowest BCUT2D eigenvalue weighted by atomic mass is 9.96. The molecule has 0 atom stereocenters. The van der Waals surface area contributed by atoms with E-state index in [1.807, 2.05) is 37.3 Å². The summed E-state index contributed by atoms with van der Waals surface area (Å²) in [5, 5.41) is 0.566. The number of hydrogen-bond acceptors (Lipinski definition) is 6. The summed E-state index contributed by atoms with van der Waals surface area (Å²) in [5.41, 5.74) is 2.57. The first kappa shape index (κ1) is 25.4. The van der Waals surface area contributed by atoms with Gasteiger partial charge >= 0.3 is 0 Å². The van der Waals surface area contributed by atoms with Gasteiger partial charge in [0.05, 0.1) is 27.4 Å². The molecule has 2 aromatic heterocycles. The maximum atomic E-state index is 13.8. The quantitative estimate of drug-likeness (QED) is 0.346. The number of hydrogen-bond donors (Lipinski definition) is 0. The minimum absolute atomic E-state index is 0.0914. The first-order valence-corrected chi connectivity index (χ1v) is 14.0. The molecule has 192 valence electrons. The summed E-state index contributed by atoms with van der Waals surface area (Å²) in [4.78, 5) is 24.2. The van der Waals surface area contributed by atoms with Crippen LogP contribution < -0.4 is 4.90 Å². The number of amides is 1. The van der Waals surface area contributed by atoms with Crippen molar-refractivity contribution in [3.8, 4) is 0 Å². The smallest absolute Gasteiger partial charge is 0.243 e. The number of thiazole rings is 1. The minimum Gasteiger partial charge on any atom is -0.282 e. The van der Waals surface area contributed by atoms with Crippen molar-refractivity contribution in [1.29, 1.82) is 0 Å². The largest absolute Gasteiger partial charge is 0.282 e. The summed E-state index contributed by atoms with van der Waals surface area (Å²) in [6, 6.07) is 13.9. The van der Waals surface area contributed by atoms with Crippen molar-refractivity contribution in [2.24, 2.45) is 5.92 Å². The van der Waals surface area contributed by atoms with E-state index in [0.29, 0.717) is 29.7 Å². The van der Waals surface area contributed by atoms with Gasteiger partial charge in [-0.25, -0.2) is 22.2 Å². The molecule has 1 fully saturated rings. The Labute approximate surface area is 217 Å². The number of piperidine rings is 1. The van der Waals surface area contributed by atoms with E-state index in [2.05, 4.69) is 4.98 Å². The van der Waals surface area contributed by atoms with E-state index in [4.69, 9.17) is 4.98 Å². The van der Waals surface area contributed by atoms with Gasteiger partial charge in [-0.05, 0) is 61.7 Å². The molecular formula is C26H24F2N4O3S2. The maximum absolute atomic E-state index is 13.8. The number of para-hydroxylation sites is 1. The van der Waals surface area contributed by atoms with Crippen molar-refractivity contribution >= 4 is 42.6 Å². The standard InChI is InChI=1S/C26H24F2N4O3S2/c1-17-5-4-7-23-24(17)30-26(36-23)32(16-19-6-2-3-12-29-19)25(33)18-10-13-31(14-11-18)37(34,35)20-8-9-21(27)22(28)15-20/h2-9,12,15,18H,10-11,13-14,16H2,1H3. The van der Waals surface area contributed by atoms with Crippen LogP contribution in [0.4, 0.5) is 13.9 Å². The highest BCUT2D eigenvalue weighted by Gasteiger charge is 2.35. The first-order chi connectivity index (χ1) is 17.7. The van der Waals surface area contributed by atoms with Crippen LogP contribution in [0.15, 0.2) is 65.7 Å². The Morgan fingerprint density at radius 2 is 1.86 bits per heavy atom. The number of sulfonamides is 1. The Bertz CT molecular complexity index is 1550. The zero-order valence-electron chi connectivity index (χ0n) is 20.0. The van der Waals surface area contributed by atoms with Gasteiger partial charge in [0.2, 0.25) is 15.9 Å². The van der Waals surface area contributed by atoms with Crippen LogP contribution in [0.3, 0.4) is 0 Å². The minimum atomic E-state index is -4.01. The van der Waals surface area contributed by atoms with Crippen LogP contribution in [0.5, 0.6) is 0 Å². The Hall–Kier alpha value is -3.28. The average molecular weight is 543 g/mol. The molecule has 2 aromatic carbocycles. The van der Waals surface area contributed by atoms with Crippen LogP contribution in [0.1, 0.15) is 24.1 Å². The van der Waals surface area contributed by atoms with Crippen molar-refractivity contribution in [2.45, 2.75) is 31.2 Å². The second kappa shape index (κ2) is 10.2. The summed E-state index contributed by atoms with van der Waals surface area (Å²) in [6.07, 6.45) is 2.26. The molecule has 1 aliphatic heterocycles. The van der Waals surface area contributed by atoms with Crippen LogP contribution in [0, 0.1) is 24.5 Å². The van der Waals surface area contributed by atoms with Gasteiger partial charge in [-0.1, -0.05) is 29.5 Å². The lowest BCUT2D eigenvalue weighted by molar-refractivity contribution is -0.123. The van der Waals surface area contributed by atoms with Gasteiger partial charge in [0.15, 0.2) is 16.8 Å². The fraction of sp³-hybridized carbons (Fsp3) is 0.269. The van der Waals surface area contributed by atoms with E-state index in [1.165, 1.54) is 15.6 Å². The van der Waals surface area contributed by atoms with Gasteiger partial charge in [0.25, 0.3) is 0 Å². The number of rotatable bonds is 6. The highest BCUT2D eigenvalue weighted by atomic mass is 32.2. The van der Waals surface area contributed by atoms with Gasteiger partial charge in [0, 0.05) is 25.2 Å². The van der Waals surface area contributed by atoms with Gasteiger partial charge in [0.1, 0.15) is 0 Å². The normalized spacial score (nSPS) is 15.2. The van der Waals surface area contributed by atoms with Crippen LogP contribution in [-0.2, 0) is 21.4 Å². The molecule has 0 unspecified atom stereocenters. The molecule has 0 bridgehead atoms. The third-order valence-electron chi connectivity index (χ3n) is 6.48. The number of aromatic nitrogens is 2. The number of nitrogens with zero attached hydrogens (tertiary/aromatic N) is 4. The van der Waals surface area contributed by atoms with E-state index in [0.717, 1.165) is 27.9 Å². The average Bonchev–Trinajstić information content (AvgIpc) is 3.34. The van der Waals surface area contributed by atoms with Crippen molar-refractivity contribution in [3.63, 3.8) is 0 Å². The second-order valence-electron chi connectivity index (χ2n) is 8.92. The molecule has 4 aromatic rings. The van der Waals surface area contributed by atoms with Gasteiger partial charge < -0.3 is 0 Å². The first-order valence-electron chi connectivity index (χ1n) is 11.8. The lowest BCUT2D eigenvalue weighted by Gasteiger charge is -2.33. The van der Waals surface area contributed by atoms with Crippen LogP contribution >= 0.6 is 11.3 Å². The molecule has 0 N–H and O–H groups in total. The fourth-order valence-electron chi connectivity index (χ4n) is 4.43. The van der Waals surface area contributed by atoms with Gasteiger partial charge in [-0.15, -0.1) is 0 Å². The fourth-order valence-corrected chi connectivity index (χ4v) is 6.96. The van der Waals surface area contributed by atoms with E-state index in [9.17, 15) is 22.0 Å². The molecule has 3 heterocycles. The summed E-state index contributed by atoms with van der Waals surface area (Å²) < 4.78 is 55.1. The third kappa shape index (κ3) is 5.11. The molecule has 11 heteroatoms. The highest BCUT2D eigenvalue weighted by Crippen LogP contribution is 2.34. The molecular weight excluding hydrogens is 518 g/mol. The number of carbonyl (C=O) groups is 1. The Morgan fingerprint density at radius 1 is 1.08 bits per heavy atom. The molecule has 0 aliphatic carbocycles. The van der Waals surface area contributed by atoms with E-state index in [1.54, 1.807) is 17.2 Å². The van der Waals surface area contributed by atoms with Crippen LogP contribution in [0.2, 0.25) is 0 Å². The summed E-state index contributed by atoms with van der Waals surface area (Å²) >= 11 is 1.43. The molecule has 1 saturated heterocycles. The van der Waals surface area contributed by atoms with Gasteiger partial charge in [-0.2, -0.15) is 4.31 Å². The predicted molar refractivity (Wildman–Crippen MR) is 138 cm³/mol. The Balaban J connectivity index is 1.37. The molecule has 5 rings (SSSR count). The maximum Gasteiger partial charge on any atom is 0.243 e. The summed E-state index contributed by atoms with van der Waals surface area (Å²) in [7, 11) is -4.01. The SMILES string of the molecule is Cc1cccc2sc(N(Cc3ccccn3)C(=O)C3CCN(S(=O)(=O)c4ccc(F)c(F)c4)CC3)nc12. The molecule has 37 heavy (non-hydrogen) atoms. The molecule has 0 saturated carbocycles. The van der Waals surface area contributed by atoms with E-state index < -0.39 is 27.6 Å². The molecule has 0 radical (unpaired) electrons. The third-order valence-corrected chi connectivity index (χ3v) is 9.42. The number of anilines is 1. The van der Waals surface area contributed by atoms with E-state index in [-0.39, 0.29) is 30.4 Å². The van der Waals surface area contributed by atoms with Crippen molar-refractivity contribution < 1.29 is 22.0 Å². The summed E-state index contributed by atoms with van der Waals surface area (Å²) in [6.45, 7) is 2.40. The van der Waals surface area contributed by atoms with Gasteiger partial charge in [-0.3, -0.25) is 14.7 Å². The highest BCUT2D eigenvalue weighted by molar-refractivity contribution is 7.89. The number of aryl methyl sites for hydroxylation is 1. The number of benzene rings is 2. The van der Waals surface area contributed by atoms with E-state index >= 15 is 0 Å².